The van der Waals surface area contributed by atoms with Gasteiger partial charge in [-0.15, -0.1) is 0 Å². The minimum Gasteiger partial charge on any atom is -0.482 e. The van der Waals surface area contributed by atoms with E-state index in [4.69, 9.17) is 4.74 Å². The summed E-state index contributed by atoms with van der Waals surface area (Å²) in [4.78, 5) is 13.4. The highest BCUT2D eigenvalue weighted by Gasteiger charge is 2.24. The van der Waals surface area contributed by atoms with Gasteiger partial charge in [0.2, 0.25) is 0 Å². The summed E-state index contributed by atoms with van der Waals surface area (Å²) in [6, 6.07) is 7.61. The Morgan fingerprint density at radius 2 is 2.27 bits per heavy atom. The van der Waals surface area contributed by atoms with Crippen LogP contribution in [0.1, 0.15) is 0 Å². The van der Waals surface area contributed by atoms with Gasteiger partial charge in [0.15, 0.2) is 6.61 Å². The highest BCUT2D eigenvalue weighted by molar-refractivity contribution is 5.97. The number of nitrogens with one attached hydrogen (secondary N) is 1. The molecule has 2 rings (SSSR count). The molecule has 0 unspecified atom stereocenters. The molecule has 0 fully saturated rings. The molecule has 1 aliphatic rings. The quantitative estimate of drug-likeness (QED) is 0.788. The smallest absolute Gasteiger partial charge is 0.265 e. The summed E-state index contributed by atoms with van der Waals surface area (Å²) < 4.78 is 5.33. The maximum atomic E-state index is 11.6. The van der Waals surface area contributed by atoms with E-state index in [9.17, 15) is 4.79 Å². The van der Waals surface area contributed by atoms with Crippen LogP contribution in [-0.2, 0) is 4.79 Å². The second-order valence-corrected chi connectivity index (χ2v) is 3.41. The van der Waals surface area contributed by atoms with Gasteiger partial charge in [-0.05, 0) is 19.2 Å². The molecule has 0 radical (unpaired) electrons. The van der Waals surface area contributed by atoms with Gasteiger partial charge >= 0.3 is 0 Å². The molecule has 0 spiro atoms. The summed E-state index contributed by atoms with van der Waals surface area (Å²) in [7, 11) is 1.87. The van der Waals surface area contributed by atoms with Crippen LogP contribution in [0, 0.1) is 0 Å². The third-order valence-corrected chi connectivity index (χ3v) is 2.39. The summed E-state index contributed by atoms with van der Waals surface area (Å²) in [5, 5.41) is 3.03. The molecule has 1 aliphatic heterocycles. The maximum Gasteiger partial charge on any atom is 0.265 e. The van der Waals surface area contributed by atoms with Crippen molar-refractivity contribution < 1.29 is 9.53 Å². The second kappa shape index (κ2) is 4.31. The average Bonchev–Trinajstić information content (AvgIpc) is 2.28. The van der Waals surface area contributed by atoms with E-state index in [0.717, 1.165) is 18.0 Å². The summed E-state index contributed by atoms with van der Waals surface area (Å²) >= 11 is 0. The maximum absolute atomic E-state index is 11.6. The molecule has 1 N–H and O–H groups in total. The number of para-hydroxylation sites is 2. The second-order valence-electron chi connectivity index (χ2n) is 3.41. The fraction of sp³-hybridized carbons (Fsp3) is 0.364. The zero-order valence-electron chi connectivity index (χ0n) is 8.69. The van der Waals surface area contributed by atoms with Crippen molar-refractivity contribution in [2.75, 3.05) is 31.6 Å². The van der Waals surface area contributed by atoms with Crippen molar-refractivity contribution in [2.45, 2.75) is 0 Å². The van der Waals surface area contributed by atoms with Gasteiger partial charge in [0.05, 0.1) is 5.69 Å². The van der Waals surface area contributed by atoms with Crippen LogP contribution in [0.25, 0.3) is 0 Å². The van der Waals surface area contributed by atoms with Crippen LogP contribution >= 0.6 is 0 Å². The first-order chi connectivity index (χ1) is 7.33. The number of rotatable bonds is 3. The molecule has 0 atom stereocenters. The lowest BCUT2D eigenvalue weighted by atomic mass is 10.2. The lowest BCUT2D eigenvalue weighted by Crippen LogP contribution is -2.42. The molecule has 0 bridgehead atoms. The molecule has 1 aromatic carbocycles. The molecule has 4 nitrogen and oxygen atoms in total. The van der Waals surface area contributed by atoms with E-state index in [1.807, 2.05) is 31.3 Å². The number of anilines is 1. The predicted octanol–water partition coefficient (Wildman–Crippen LogP) is 0.631. The van der Waals surface area contributed by atoms with Crippen molar-refractivity contribution in [3.8, 4) is 5.75 Å². The largest absolute Gasteiger partial charge is 0.482 e. The number of amides is 1. The molecule has 15 heavy (non-hydrogen) atoms. The molecule has 0 aromatic heterocycles. The van der Waals surface area contributed by atoms with E-state index >= 15 is 0 Å². The van der Waals surface area contributed by atoms with Crippen LogP contribution in [0.2, 0.25) is 0 Å². The van der Waals surface area contributed by atoms with Crippen LogP contribution < -0.4 is 15.0 Å². The van der Waals surface area contributed by atoms with E-state index in [1.165, 1.54) is 0 Å². The zero-order chi connectivity index (χ0) is 10.7. The van der Waals surface area contributed by atoms with Crippen molar-refractivity contribution in [1.82, 2.24) is 5.32 Å². The summed E-state index contributed by atoms with van der Waals surface area (Å²) in [5.41, 5.74) is 0.865. The highest BCUT2D eigenvalue weighted by Crippen LogP contribution is 2.30. The van der Waals surface area contributed by atoms with Gasteiger partial charge in [-0.3, -0.25) is 4.79 Å². The van der Waals surface area contributed by atoms with E-state index in [1.54, 1.807) is 4.90 Å². The fourth-order valence-electron chi connectivity index (χ4n) is 1.62. The first kappa shape index (κ1) is 9.98. The van der Waals surface area contributed by atoms with Gasteiger partial charge in [0.25, 0.3) is 5.91 Å². The Morgan fingerprint density at radius 3 is 3.07 bits per heavy atom. The summed E-state index contributed by atoms with van der Waals surface area (Å²) in [5.74, 6) is 0.803. The van der Waals surface area contributed by atoms with Crippen molar-refractivity contribution in [1.29, 1.82) is 0 Å². The van der Waals surface area contributed by atoms with Crippen LogP contribution in [0.15, 0.2) is 24.3 Å². The third-order valence-electron chi connectivity index (χ3n) is 2.39. The van der Waals surface area contributed by atoms with Gasteiger partial charge in [-0.25, -0.2) is 0 Å². The highest BCUT2D eigenvalue weighted by atomic mass is 16.5. The Bertz CT molecular complexity index is 365. The van der Waals surface area contributed by atoms with Crippen LogP contribution in [0.4, 0.5) is 5.69 Å². The molecule has 0 aliphatic carbocycles. The van der Waals surface area contributed by atoms with E-state index in [2.05, 4.69) is 5.32 Å². The Balaban J connectivity index is 2.25. The number of carbonyl (C=O) groups excluding carboxylic acids is 1. The lowest BCUT2D eigenvalue weighted by molar-refractivity contribution is -0.121. The van der Waals surface area contributed by atoms with Crippen molar-refractivity contribution >= 4 is 11.6 Å². The molecule has 0 saturated carbocycles. The standard InChI is InChI=1S/C11H14N2O2/c1-12-6-7-13-9-4-2-3-5-10(9)15-8-11(13)14/h2-5,12H,6-8H2,1H3. The first-order valence-corrected chi connectivity index (χ1v) is 4.99. The van der Waals surface area contributed by atoms with E-state index < -0.39 is 0 Å². The first-order valence-electron chi connectivity index (χ1n) is 4.99. The van der Waals surface area contributed by atoms with Gasteiger partial charge in [0.1, 0.15) is 5.75 Å². The van der Waals surface area contributed by atoms with Crippen LogP contribution in [0.3, 0.4) is 0 Å². The summed E-state index contributed by atoms with van der Waals surface area (Å²) in [6.07, 6.45) is 0. The number of hydrogen-bond acceptors (Lipinski definition) is 3. The SMILES string of the molecule is CNCCN1C(=O)COc2ccccc21. The summed E-state index contributed by atoms with van der Waals surface area (Å²) in [6.45, 7) is 1.59. The molecule has 1 aromatic rings. The van der Waals surface area contributed by atoms with E-state index in [0.29, 0.717) is 6.54 Å². The number of nitrogens with zero attached hydrogens (tertiary/aromatic N) is 1. The zero-order valence-corrected chi connectivity index (χ0v) is 8.69. The molecule has 1 amide bonds. The van der Waals surface area contributed by atoms with Gasteiger partial charge in [-0.2, -0.15) is 0 Å². The molecule has 1 heterocycles. The topological polar surface area (TPSA) is 41.6 Å². The molecular weight excluding hydrogens is 192 g/mol. The number of fused-ring (bicyclic) bond motifs is 1. The van der Waals surface area contributed by atoms with Crippen LogP contribution in [-0.4, -0.2) is 32.7 Å². The normalized spacial score (nSPS) is 14.7. The number of hydrogen-bond donors (Lipinski definition) is 1. The number of ether oxygens (including phenoxy) is 1. The average molecular weight is 206 g/mol. The molecular formula is C11H14N2O2. The Hall–Kier alpha value is -1.55. The number of benzene rings is 1. The van der Waals surface area contributed by atoms with Crippen LogP contribution in [0.5, 0.6) is 5.75 Å². The minimum atomic E-state index is 0.0175. The molecule has 80 valence electrons. The number of likely N-dealkylation sites (N-methyl/N-ethyl adjacent to an activating group) is 1. The molecule has 0 saturated heterocycles. The lowest BCUT2D eigenvalue weighted by Gasteiger charge is -2.29. The van der Waals surface area contributed by atoms with Gasteiger partial charge in [0, 0.05) is 13.1 Å². The van der Waals surface area contributed by atoms with Crippen molar-refractivity contribution in [3.63, 3.8) is 0 Å². The van der Waals surface area contributed by atoms with Gasteiger partial charge in [-0.1, -0.05) is 12.1 Å². The van der Waals surface area contributed by atoms with Crippen molar-refractivity contribution in [3.05, 3.63) is 24.3 Å². The third kappa shape index (κ3) is 1.94. The predicted molar refractivity (Wildman–Crippen MR) is 58.2 cm³/mol. The van der Waals surface area contributed by atoms with Gasteiger partial charge < -0.3 is 15.0 Å². The Labute approximate surface area is 88.8 Å². The fourth-order valence-corrected chi connectivity index (χ4v) is 1.62. The molecule has 4 heteroatoms. The van der Waals surface area contributed by atoms with Crippen molar-refractivity contribution in [2.24, 2.45) is 0 Å². The Kier molecular flexibility index (Phi) is 2.87. The monoisotopic (exact) mass is 206 g/mol. The minimum absolute atomic E-state index is 0.0175. The number of carbonyl (C=O) groups is 1. The Morgan fingerprint density at radius 1 is 1.47 bits per heavy atom. The van der Waals surface area contributed by atoms with E-state index in [-0.39, 0.29) is 12.5 Å².